The van der Waals surface area contributed by atoms with Crippen LogP contribution in [0.1, 0.15) is 87.5 Å². The molecule has 3 aliphatic rings. The number of amides is 3. The maximum atomic E-state index is 14.1. The molecule has 2 fully saturated rings. The van der Waals surface area contributed by atoms with E-state index in [1.54, 1.807) is 17.0 Å². The molecule has 12 nitrogen and oxygen atoms in total. The molecule has 1 aromatic heterocycles. The zero-order valence-corrected chi connectivity index (χ0v) is 29.3. The highest BCUT2D eigenvalue weighted by Crippen LogP contribution is 2.49. The topological polar surface area (TPSA) is 169 Å². The van der Waals surface area contributed by atoms with Crippen LogP contribution in [0.4, 0.5) is 4.39 Å². The van der Waals surface area contributed by atoms with E-state index in [4.69, 9.17) is 0 Å². The fraction of sp³-hybridized carbons (Fsp3) is 0.410. The van der Waals surface area contributed by atoms with E-state index in [1.165, 1.54) is 12.1 Å². The molecule has 1 saturated carbocycles. The number of nitrogens with one attached hydrogen (secondary N) is 4. The molecule has 4 aromatic rings. The Kier molecular flexibility index (Phi) is 9.83. The van der Waals surface area contributed by atoms with Gasteiger partial charge in [-0.1, -0.05) is 24.3 Å². The lowest BCUT2D eigenvalue weighted by Crippen LogP contribution is -2.48. The number of tetrazole rings is 1. The molecule has 0 unspecified atom stereocenters. The van der Waals surface area contributed by atoms with Crippen molar-refractivity contribution < 1.29 is 18.8 Å². The second-order valence-electron chi connectivity index (χ2n) is 14.0. The SMILES string of the molecule is CCNC(=O)c1ccc2c(c1)CCc1cc(C(=O)NCC)ccc1C2(C[C@@H](Cc1ccc(F)cc1)NCC(=O)N1[C@H](C#N)C[C@@H]2C[C@@H]21)c1nnn[nH]1. The van der Waals surface area contributed by atoms with E-state index in [-0.39, 0.29) is 42.2 Å². The molecule has 1 saturated heterocycles. The van der Waals surface area contributed by atoms with Crippen molar-refractivity contribution in [2.45, 2.75) is 75.9 Å². The number of halogens is 1. The predicted octanol–water partition coefficient (Wildman–Crippen LogP) is 3.38. The Bertz CT molecular complexity index is 1940. The highest BCUT2D eigenvalue weighted by molar-refractivity contribution is 5.95. The number of carbonyl (C=O) groups is 3. The van der Waals surface area contributed by atoms with Crippen LogP contribution in [0.15, 0.2) is 60.7 Å². The van der Waals surface area contributed by atoms with E-state index in [2.05, 4.69) is 42.6 Å². The average molecular weight is 704 g/mol. The van der Waals surface area contributed by atoms with Crippen molar-refractivity contribution in [3.05, 3.63) is 111 Å². The second-order valence-corrected chi connectivity index (χ2v) is 14.0. The number of piperidine rings is 1. The Labute approximate surface area is 301 Å². The lowest BCUT2D eigenvalue weighted by molar-refractivity contribution is -0.131. The summed E-state index contributed by atoms with van der Waals surface area (Å²) in [6.07, 6.45) is 3.58. The quantitative estimate of drug-likeness (QED) is 0.174. The van der Waals surface area contributed by atoms with Gasteiger partial charge in [0, 0.05) is 36.3 Å². The number of carbonyl (C=O) groups excluding carboxylic acids is 3. The summed E-state index contributed by atoms with van der Waals surface area (Å²) < 4.78 is 14.1. The van der Waals surface area contributed by atoms with Crippen LogP contribution >= 0.6 is 0 Å². The molecule has 0 radical (unpaired) electrons. The highest BCUT2D eigenvalue weighted by atomic mass is 19.1. The van der Waals surface area contributed by atoms with E-state index in [9.17, 15) is 24.0 Å². The van der Waals surface area contributed by atoms with Gasteiger partial charge in [0.2, 0.25) is 5.91 Å². The molecule has 13 heteroatoms. The van der Waals surface area contributed by atoms with E-state index < -0.39 is 11.5 Å². The first kappa shape index (κ1) is 34.9. The van der Waals surface area contributed by atoms with Crippen LogP contribution in [-0.4, -0.2) is 81.0 Å². The predicted molar refractivity (Wildman–Crippen MR) is 190 cm³/mol. The Hall–Kier alpha value is -5.48. The Morgan fingerprint density at radius 1 is 0.962 bits per heavy atom. The fourth-order valence-corrected chi connectivity index (χ4v) is 8.31. The highest BCUT2D eigenvalue weighted by Gasteiger charge is 2.54. The number of hydrogen-bond acceptors (Lipinski definition) is 8. The van der Waals surface area contributed by atoms with Crippen molar-refractivity contribution in [2.75, 3.05) is 19.6 Å². The number of likely N-dealkylation sites (tertiary alicyclic amines) is 1. The van der Waals surface area contributed by atoms with Gasteiger partial charge in [0.25, 0.3) is 11.8 Å². The van der Waals surface area contributed by atoms with Crippen LogP contribution in [0.3, 0.4) is 0 Å². The molecule has 52 heavy (non-hydrogen) atoms. The van der Waals surface area contributed by atoms with Gasteiger partial charge in [-0.15, -0.1) is 5.10 Å². The summed E-state index contributed by atoms with van der Waals surface area (Å²) in [6, 6.07) is 19.3. The van der Waals surface area contributed by atoms with Crippen LogP contribution in [0.25, 0.3) is 0 Å². The third-order valence-corrected chi connectivity index (χ3v) is 10.8. The summed E-state index contributed by atoms with van der Waals surface area (Å²) in [6.45, 7) is 4.72. The van der Waals surface area contributed by atoms with Gasteiger partial charge in [0.1, 0.15) is 11.9 Å². The van der Waals surface area contributed by atoms with Gasteiger partial charge in [-0.05, 0) is 133 Å². The average Bonchev–Trinajstić information content (AvgIpc) is 3.53. The van der Waals surface area contributed by atoms with Crippen LogP contribution in [0.2, 0.25) is 0 Å². The van der Waals surface area contributed by atoms with Crippen molar-refractivity contribution in [3.63, 3.8) is 0 Å². The van der Waals surface area contributed by atoms with Gasteiger partial charge in [0.05, 0.1) is 18.0 Å². The second kappa shape index (κ2) is 14.6. The summed E-state index contributed by atoms with van der Waals surface area (Å²) in [7, 11) is 0. The molecule has 2 heterocycles. The summed E-state index contributed by atoms with van der Waals surface area (Å²) >= 11 is 0. The zero-order chi connectivity index (χ0) is 36.4. The van der Waals surface area contributed by atoms with Crippen molar-refractivity contribution in [2.24, 2.45) is 5.92 Å². The van der Waals surface area contributed by atoms with E-state index >= 15 is 0 Å². The Balaban J connectivity index is 1.35. The van der Waals surface area contributed by atoms with E-state index in [0.717, 1.165) is 34.2 Å². The number of H-pyrrole nitrogens is 1. The molecule has 4 N–H and O–H groups in total. The first-order chi connectivity index (χ1) is 25.2. The summed E-state index contributed by atoms with van der Waals surface area (Å²) in [5, 5.41) is 34.7. The van der Waals surface area contributed by atoms with Crippen molar-refractivity contribution in [1.29, 1.82) is 5.26 Å². The number of rotatable bonds is 12. The third kappa shape index (κ3) is 6.66. The number of benzene rings is 3. The van der Waals surface area contributed by atoms with E-state index in [0.29, 0.717) is 68.1 Å². The number of aromatic amines is 1. The fourth-order valence-electron chi connectivity index (χ4n) is 8.31. The molecule has 268 valence electrons. The maximum Gasteiger partial charge on any atom is 0.251 e. The largest absolute Gasteiger partial charge is 0.352 e. The molecule has 3 aromatic carbocycles. The number of aryl methyl sites for hydroxylation is 2. The van der Waals surface area contributed by atoms with Crippen LogP contribution < -0.4 is 16.0 Å². The van der Waals surface area contributed by atoms with Crippen LogP contribution in [0, 0.1) is 23.1 Å². The van der Waals surface area contributed by atoms with E-state index in [1.807, 2.05) is 50.2 Å². The van der Waals surface area contributed by atoms with Crippen molar-refractivity contribution in [1.82, 2.24) is 41.5 Å². The summed E-state index contributed by atoms with van der Waals surface area (Å²) in [5.74, 6) is 0.0234. The smallest absolute Gasteiger partial charge is 0.251 e. The number of nitrogens with zero attached hydrogens (tertiary/aromatic N) is 5. The van der Waals surface area contributed by atoms with Gasteiger partial charge in [-0.25, -0.2) is 9.49 Å². The first-order valence-electron chi connectivity index (χ1n) is 18.0. The molecule has 7 rings (SSSR count). The monoisotopic (exact) mass is 703 g/mol. The van der Waals surface area contributed by atoms with Crippen LogP contribution in [-0.2, 0) is 29.5 Å². The standard InChI is InChI=1S/C39H42FN9O3/c1-3-42-36(51)26-9-13-32-24(16-26)7-8-25-17-27(37(52)43-4-2)10-14-33(25)39(32,38-45-47-48-46-38)20-30(15-23-5-11-29(40)12-6-23)44-22-35(50)49-31(21-41)18-28-19-34(28)49/h5-6,9-14,16-17,28,30-31,34,44H,3-4,7-8,15,18-20,22H2,1-2H3,(H,42,51)(H,43,52)(H,45,46,47,48)/t28-,30-,31+,34+/m1/s1. The van der Waals surface area contributed by atoms with Gasteiger partial charge < -0.3 is 20.9 Å². The number of hydrogen-bond donors (Lipinski definition) is 4. The molecule has 0 spiro atoms. The first-order valence-corrected chi connectivity index (χ1v) is 18.0. The summed E-state index contributed by atoms with van der Waals surface area (Å²) in [5.41, 5.74) is 4.54. The zero-order valence-electron chi connectivity index (χ0n) is 29.3. The minimum Gasteiger partial charge on any atom is -0.352 e. The number of fused-ring (bicyclic) bond motifs is 3. The minimum atomic E-state index is -1.03. The van der Waals surface area contributed by atoms with Crippen molar-refractivity contribution in [3.8, 4) is 6.07 Å². The van der Waals surface area contributed by atoms with Gasteiger partial charge in [-0.2, -0.15) is 5.26 Å². The molecule has 3 amide bonds. The van der Waals surface area contributed by atoms with Gasteiger partial charge >= 0.3 is 0 Å². The number of aromatic nitrogens is 4. The molecule has 1 aliphatic heterocycles. The molecule has 2 aliphatic carbocycles. The molecular weight excluding hydrogens is 661 g/mol. The summed E-state index contributed by atoms with van der Waals surface area (Å²) in [4.78, 5) is 41.6. The third-order valence-electron chi connectivity index (χ3n) is 10.8. The minimum absolute atomic E-state index is 0.00393. The maximum absolute atomic E-state index is 14.1. The van der Waals surface area contributed by atoms with Gasteiger partial charge in [0.15, 0.2) is 5.82 Å². The lowest BCUT2D eigenvalue weighted by Gasteiger charge is -2.38. The van der Waals surface area contributed by atoms with Crippen LogP contribution in [0.5, 0.6) is 0 Å². The molecular formula is C39H42FN9O3. The Morgan fingerprint density at radius 3 is 2.15 bits per heavy atom. The normalized spacial score (nSPS) is 20.0. The van der Waals surface area contributed by atoms with Crippen molar-refractivity contribution >= 4 is 17.7 Å². The molecule has 0 bridgehead atoms. The number of nitriles is 1. The lowest BCUT2D eigenvalue weighted by atomic mass is 9.67. The Morgan fingerprint density at radius 2 is 1.60 bits per heavy atom. The molecule has 4 atom stereocenters. The van der Waals surface area contributed by atoms with Gasteiger partial charge in [-0.3, -0.25) is 14.4 Å².